The van der Waals surface area contributed by atoms with Crippen LogP contribution in [0.3, 0.4) is 0 Å². The lowest BCUT2D eigenvalue weighted by Crippen LogP contribution is -2.09. The van der Waals surface area contributed by atoms with E-state index in [1.807, 2.05) is 116 Å². The SMILES string of the molecule is C=C/C=C\CC.C=C1/C=C\C=C/N(c2ccc(NN)cc2)/C=C\C(c2cccc3c2sc2ccccc23)=C/C1=C.CC.Nc1cccc(-c2ccccc2)c1. The average Bonchev–Trinajstić information content (AvgIpc) is 3.61. The number of hydrogen-bond acceptors (Lipinski definition) is 5. The molecule has 55 heavy (non-hydrogen) atoms. The van der Waals surface area contributed by atoms with Gasteiger partial charge in [0.2, 0.25) is 0 Å². The quantitative estimate of drug-likeness (QED) is 0.0688. The van der Waals surface area contributed by atoms with E-state index in [0.717, 1.165) is 40.2 Å². The Morgan fingerprint density at radius 1 is 0.727 bits per heavy atom. The Balaban J connectivity index is 0.000000263. The third-order valence-electron chi connectivity index (χ3n) is 8.36. The normalized spacial score (nSPS) is 15.1. The molecular weight excluding hydrogens is 689 g/mol. The van der Waals surface area contributed by atoms with Crippen LogP contribution in [0, 0.1) is 0 Å². The molecule has 7 rings (SSSR count). The summed E-state index contributed by atoms with van der Waals surface area (Å²) in [5, 5.41) is 2.56. The number of benzene rings is 5. The molecule has 0 amide bonds. The molecule has 1 aromatic heterocycles. The van der Waals surface area contributed by atoms with Gasteiger partial charge in [-0.15, -0.1) is 11.3 Å². The standard InChI is InChI=1S/C30H25N3S.C12H11N.C6H10.C2H6/c1-21-8-5-6-18-33(25-15-13-24(32-31)14-16-25)19-17-23(20-22(21)2)26-10-7-11-28-27-9-3-4-12-29(27)34-30(26)28;13-12-8-4-7-11(9-12)10-5-2-1-3-6-10;1-3-5-6-4-2;1-2/h3-20,32H,1-2,31H2;1-9H,13H2;3,5-6H,1,4H2,2H3;1-2H3/b8-5-,18-6-,19-17-,23-20+;;6-5-;. The van der Waals surface area contributed by atoms with Gasteiger partial charge in [-0.25, -0.2) is 0 Å². The van der Waals surface area contributed by atoms with Crippen molar-refractivity contribution in [2.75, 3.05) is 16.1 Å². The highest BCUT2D eigenvalue weighted by Gasteiger charge is 2.12. The van der Waals surface area contributed by atoms with Gasteiger partial charge in [-0.05, 0) is 101 Å². The Labute approximate surface area is 331 Å². The predicted octanol–water partition coefficient (Wildman–Crippen LogP) is 14.0. The molecule has 0 saturated carbocycles. The maximum atomic E-state index is 5.70. The number of nitrogens with two attached hydrogens (primary N) is 2. The average molecular weight is 741 g/mol. The van der Waals surface area contributed by atoms with Crippen molar-refractivity contribution in [1.29, 1.82) is 0 Å². The summed E-state index contributed by atoms with van der Waals surface area (Å²) in [5.41, 5.74) is 17.5. The van der Waals surface area contributed by atoms with Crippen molar-refractivity contribution in [2.24, 2.45) is 5.84 Å². The van der Waals surface area contributed by atoms with Crippen LogP contribution < -0.4 is 21.9 Å². The molecule has 278 valence electrons. The Hall–Kier alpha value is -6.40. The number of thiophene rings is 1. The zero-order valence-electron chi connectivity index (χ0n) is 32.2. The Bertz CT molecular complexity index is 2320. The summed E-state index contributed by atoms with van der Waals surface area (Å²) < 4.78 is 2.56. The minimum Gasteiger partial charge on any atom is -0.399 e. The minimum absolute atomic E-state index is 0.807. The molecule has 4 nitrogen and oxygen atoms in total. The second-order valence-electron chi connectivity index (χ2n) is 12.1. The molecular formula is C50H52N4S. The number of hydrazine groups is 1. The molecule has 0 fully saturated rings. The van der Waals surface area contributed by atoms with Gasteiger partial charge in [0.15, 0.2) is 0 Å². The van der Waals surface area contributed by atoms with Crippen LogP contribution >= 0.6 is 11.3 Å². The zero-order valence-corrected chi connectivity index (χ0v) is 33.0. The summed E-state index contributed by atoms with van der Waals surface area (Å²) in [6, 6.07) is 41.2. The van der Waals surface area contributed by atoms with E-state index >= 15 is 0 Å². The minimum atomic E-state index is 0.807. The van der Waals surface area contributed by atoms with Crippen LogP contribution in [0.25, 0.3) is 36.9 Å². The summed E-state index contributed by atoms with van der Waals surface area (Å²) in [6.07, 6.45) is 21.2. The fourth-order valence-electron chi connectivity index (χ4n) is 5.59. The van der Waals surface area contributed by atoms with E-state index in [2.05, 4.69) is 122 Å². The predicted molar refractivity (Wildman–Crippen MR) is 247 cm³/mol. The van der Waals surface area contributed by atoms with E-state index < -0.39 is 0 Å². The van der Waals surface area contributed by atoms with Gasteiger partial charge in [-0.1, -0.05) is 150 Å². The first-order chi connectivity index (χ1) is 26.9. The van der Waals surface area contributed by atoms with Gasteiger partial charge >= 0.3 is 0 Å². The van der Waals surface area contributed by atoms with Crippen LogP contribution in [-0.2, 0) is 0 Å². The first-order valence-electron chi connectivity index (χ1n) is 18.5. The molecule has 0 unspecified atom stereocenters. The maximum absolute atomic E-state index is 5.70. The lowest BCUT2D eigenvalue weighted by atomic mass is 9.98. The molecule has 1 aliphatic heterocycles. The topological polar surface area (TPSA) is 67.3 Å². The number of hydrogen-bond donors (Lipinski definition) is 3. The van der Waals surface area contributed by atoms with Crippen LogP contribution in [0.4, 0.5) is 17.1 Å². The van der Waals surface area contributed by atoms with E-state index in [9.17, 15) is 0 Å². The van der Waals surface area contributed by atoms with E-state index in [-0.39, 0.29) is 0 Å². The van der Waals surface area contributed by atoms with Crippen molar-refractivity contribution in [3.05, 3.63) is 219 Å². The van der Waals surface area contributed by atoms with Crippen LogP contribution in [0.5, 0.6) is 0 Å². The maximum Gasteiger partial charge on any atom is 0.0486 e. The highest BCUT2D eigenvalue weighted by molar-refractivity contribution is 7.26. The number of anilines is 3. The number of fused-ring (bicyclic) bond motifs is 3. The molecule has 0 bridgehead atoms. The molecule has 0 atom stereocenters. The van der Waals surface area contributed by atoms with Gasteiger partial charge in [0, 0.05) is 49.6 Å². The monoisotopic (exact) mass is 740 g/mol. The molecule has 5 heteroatoms. The number of rotatable bonds is 6. The Morgan fingerprint density at radius 2 is 1.42 bits per heavy atom. The van der Waals surface area contributed by atoms with Crippen LogP contribution in [0.2, 0.25) is 0 Å². The molecule has 0 spiro atoms. The number of nitrogens with one attached hydrogen (secondary N) is 1. The Kier molecular flexibility index (Phi) is 16.5. The fourth-order valence-corrected chi connectivity index (χ4v) is 6.82. The fraction of sp³-hybridized carbons (Fsp3) is 0.0800. The third-order valence-corrected chi connectivity index (χ3v) is 9.58. The van der Waals surface area contributed by atoms with Crippen molar-refractivity contribution < 1.29 is 0 Å². The van der Waals surface area contributed by atoms with Gasteiger partial charge in [0.25, 0.3) is 0 Å². The van der Waals surface area contributed by atoms with Gasteiger partial charge in [0.05, 0.1) is 0 Å². The van der Waals surface area contributed by atoms with Gasteiger partial charge in [-0.2, -0.15) is 0 Å². The largest absolute Gasteiger partial charge is 0.399 e. The van der Waals surface area contributed by atoms with Crippen LogP contribution in [-0.4, -0.2) is 0 Å². The first-order valence-corrected chi connectivity index (χ1v) is 19.3. The second-order valence-corrected chi connectivity index (χ2v) is 13.2. The second kappa shape index (κ2) is 22.0. The van der Waals surface area contributed by atoms with Crippen molar-refractivity contribution >= 4 is 54.1 Å². The zero-order chi connectivity index (χ0) is 39.4. The van der Waals surface area contributed by atoms with Crippen molar-refractivity contribution in [1.82, 2.24) is 0 Å². The highest BCUT2D eigenvalue weighted by atomic mass is 32.1. The molecule has 5 aromatic carbocycles. The smallest absolute Gasteiger partial charge is 0.0486 e. The summed E-state index contributed by atoms with van der Waals surface area (Å²) >= 11 is 1.82. The molecule has 0 aliphatic carbocycles. The molecule has 0 saturated heterocycles. The van der Waals surface area contributed by atoms with Gasteiger partial charge in [0.1, 0.15) is 0 Å². The summed E-state index contributed by atoms with van der Waals surface area (Å²) in [6.45, 7) is 18.1. The van der Waals surface area contributed by atoms with Crippen LogP contribution in [0.1, 0.15) is 32.8 Å². The van der Waals surface area contributed by atoms with E-state index in [0.29, 0.717) is 0 Å². The van der Waals surface area contributed by atoms with E-state index in [1.165, 1.54) is 36.9 Å². The summed E-state index contributed by atoms with van der Waals surface area (Å²) in [4.78, 5) is 2.08. The van der Waals surface area contributed by atoms with Crippen LogP contribution in [0.15, 0.2) is 213 Å². The summed E-state index contributed by atoms with van der Waals surface area (Å²) in [7, 11) is 0. The third kappa shape index (κ3) is 11.8. The van der Waals surface area contributed by atoms with Gasteiger partial charge in [-0.3, -0.25) is 5.84 Å². The number of allylic oxidation sites excluding steroid dienone is 11. The first kappa shape index (κ1) is 41.4. The van der Waals surface area contributed by atoms with E-state index in [4.69, 9.17) is 11.6 Å². The molecule has 0 radical (unpaired) electrons. The highest BCUT2D eigenvalue weighted by Crippen LogP contribution is 2.39. The Morgan fingerprint density at radius 3 is 2.11 bits per heavy atom. The molecule has 5 N–H and O–H groups in total. The van der Waals surface area contributed by atoms with Crippen molar-refractivity contribution in [3.63, 3.8) is 0 Å². The van der Waals surface area contributed by atoms with E-state index in [1.54, 1.807) is 6.08 Å². The van der Waals surface area contributed by atoms with Gasteiger partial charge < -0.3 is 16.1 Å². The lowest BCUT2D eigenvalue weighted by Gasteiger charge is -2.17. The van der Waals surface area contributed by atoms with Crippen molar-refractivity contribution in [3.8, 4) is 11.1 Å². The molecule has 2 heterocycles. The lowest BCUT2D eigenvalue weighted by molar-refractivity contribution is 1.22. The summed E-state index contributed by atoms with van der Waals surface area (Å²) in [5.74, 6) is 5.54. The molecule has 6 aromatic rings. The molecule has 1 aliphatic rings. The van der Waals surface area contributed by atoms with Crippen molar-refractivity contribution in [2.45, 2.75) is 27.2 Å². The number of nitrogen functional groups attached to an aromatic ring is 2. The number of nitrogens with zero attached hydrogens (tertiary/aromatic N) is 1.